The van der Waals surface area contributed by atoms with Crippen LogP contribution in [0.5, 0.6) is 5.75 Å². The van der Waals surface area contributed by atoms with E-state index in [2.05, 4.69) is 15.7 Å². The molecular weight excluding hydrogens is 324 g/mol. The number of hydrogen-bond donors (Lipinski definition) is 2. The molecule has 0 aliphatic heterocycles. The standard InChI is InChI=1S/C17H18N4O2S/c1-23-14-6-2-5-13(11-14)20-17(22)18-12-15(16-7-3-10-24-16)21-9-4-8-19-21/h2-11,15H,12H2,1H3,(H2,18,20,22). The summed E-state index contributed by atoms with van der Waals surface area (Å²) in [5.74, 6) is 0.695. The number of nitrogens with zero attached hydrogens (tertiary/aromatic N) is 2. The van der Waals surface area contributed by atoms with E-state index in [0.29, 0.717) is 18.0 Å². The topological polar surface area (TPSA) is 68.2 Å². The van der Waals surface area contributed by atoms with Crippen LogP contribution in [0.25, 0.3) is 0 Å². The zero-order chi connectivity index (χ0) is 16.8. The lowest BCUT2D eigenvalue weighted by atomic mass is 10.2. The number of carbonyl (C=O) groups excluding carboxylic acids is 1. The van der Waals surface area contributed by atoms with E-state index in [1.54, 1.807) is 30.7 Å². The summed E-state index contributed by atoms with van der Waals surface area (Å²) in [6, 6.07) is 12.8. The predicted octanol–water partition coefficient (Wildman–Crippen LogP) is 3.36. The number of nitrogens with one attached hydrogen (secondary N) is 2. The molecule has 0 bridgehead atoms. The molecule has 3 rings (SSSR count). The third kappa shape index (κ3) is 3.94. The second-order valence-corrected chi connectivity index (χ2v) is 6.06. The van der Waals surface area contributed by atoms with Gasteiger partial charge in [0.15, 0.2) is 0 Å². The highest BCUT2D eigenvalue weighted by Crippen LogP contribution is 2.22. The number of methoxy groups -OCH3 is 1. The maximum absolute atomic E-state index is 12.2. The predicted molar refractivity (Wildman–Crippen MR) is 94.7 cm³/mol. The van der Waals surface area contributed by atoms with Crippen LogP contribution in [0.4, 0.5) is 10.5 Å². The van der Waals surface area contributed by atoms with Gasteiger partial charge in [0.05, 0.1) is 7.11 Å². The molecule has 1 aromatic carbocycles. The third-order valence-corrected chi connectivity index (χ3v) is 4.47. The Labute approximate surface area is 144 Å². The van der Waals surface area contributed by atoms with Gasteiger partial charge in [-0.15, -0.1) is 11.3 Å². The van der Waals surface area contributed by atoms with Crippen LogP contribution >= 0.6 is 11.3 Å². The number of hydrogen-bond acceptors (Lipinski definition) is 4. The van der Waals surface area contributed by atoms with Crippen molar-refractivity contribution in [3.05, 3.63) is 65.1 Å². The van der Waals surface area contributed by atoms with Crippen LogP contribution in [-0.4, -0.2) is 29.5 Å². The third-order valence-electron chi connectivity index (χ3n) is 3.50. The average Bonchev–Trinajstić information content (AvgIpc) is 3.29. The van der Waals surface area contributed by atoms with Gasteiger partial charge in [0, 0.05) is 35.6 Å². The zero-order valence-electron chi connectivity index (χ0n) is 13.2. The van der Waals surface area contributed by atoms with Gasteiger partial charge in [-0.1, -0.05) is 12.1 Å². The largest absolute Gasteiger partial charge is 0.497 e. The molecule has 124 valence electrons. The average molecular weight is 342 g/mol. The molecule has 1 unspecified atom stereocenters. The van der Waals surface area contributed by atoms with Crippen molar-refractivity contribution in [2.24, 2.45) is 0 Å². The van der Waals surface area contributed by atoms with Crippen molar-refractivity contribution in [2.45, 2.75) is 6.04 Å². The monoisotopic (exact) mass is 342 g/mol. The van der Waals surface area contributed by atoms with Gasteiger partial charge in [0.2, 0.25) is 0 Å². The Morgan fingerprint density at radius 2 is 2.25 bits per heavy atom. The first kappa shape index (κ1) is 16.1. The highest BCUT2D eigenvalue weighted by atomic mass is 32.1. The van der Waals surface area contributed by atoms with E-state index in [4.69, 9.17) is 4.74 Å². The molecule has 1 atom stereocenters. The minimum atomic E-state index is -0.267. The van der Waals surface area contributed by atoms with E-state index in [9.17, 15) is 4.79 Å². The minimum Gasteiger partial charge on any atom is -0.497 e. The van der Waals surface area contributed by atoms with Crippen LogP contribution in [-0.2, 0) is 0 Å². The van der Waals surface area contributed by atoms with Gasteiger partial charge in [-0.05, 0) is 29.6 Å². The number of rotatable bonds is 6. The summed E-state index contributed by atoms with van der Waals surface area (Å²) in [7, 11) is 1.59. The Hall–Kier alpha value is -2.80. The first-order valence-electron chi connectivity index (χ1n) is 7.47. The molecule has 0 aliphatic carbocycles. The van der Waals surface area contributed by atoms with Crippen molar-refractivity contribution < 1.29 is 9.53 Å². The van der Waals surface area contributed by atoms with E-state index in [1.165, 1.54) is 0 Å². The second-order valence-electron chi connectivity index (χ2n) is 5.08. The molecule has 7 heteroatoms. The van der Waals surface area contributed by atoms with E-state index in [0.717, 1.165) is 4.88 Å². The number of benzene rings is 1. The Kier molecular flexibility index (Phi) is 5.12. The quantitative estimate of drug-likeness (QED) is 0.722. The normalized spacial score (nSPS) is 11.7. The van der Waals surface area contributed by atoms with Crippen molar-refractivity contribution in [3.8, 4) is 5.75 Å². The van der Waals surface area contributed by atoms with Gasteiger partial charge in [-0.3, -0.25) is 4.68 Å². The molecule has 0 spiro atoms. The molecule has 0 fully saturated rings. The van der Waals surface area contributed by atoms with E-state index >= 15 is 0 Å². The molecule has 2 N–H and O–H groups in total. The molecule has 2 heterocycles. The molecule has 0 radical (unpaired) electrons. The van der Waals surface area contributed by atoms with Crippen LogP contribution in [0, 0.1) is 0 Å². The molecule has 2 aromatic heterocycles. The lowest BCUT2D eigenvalue weighted by molar-refractivity contribution is 0.250. The maximum atomic E-state index is 12.2. The molecule has 0 saturated carbocycles. The Bertz CT molecular complexity index is 738. The van der Waals surface area contributed by atoms with Crippen molar-refractivity contribution in [3.63, 3.8) is 0 Å². The van der Waals surface area contributed by atoms with Crippen molar-refractivity contribution >= 4 is 23.1 Å². The van der Waals surface area contributed by atoms with Gasteiger partial charge >= 0.3 is 6.03 Å². The summed E-state index contributed by atoms with van der Waals surface area (Å²) in [5.41, 5.74) is 0.679. The maximum Gasteiger partial charge on any atom is 0.319 e. The van der Waals surface area contributed by atoms with E-state index < -0.39 is 0 Å². The highest BCUT2D eigenvalue weighted by molar-refractivity contribution is 7.10. The number of carbonyl (C=O) groups is 1. The summed E-state index contributed by atoms with van der Waals surface area (Å²) in [6.45, 7) is 0.442. The number of ether oxygens (including phenoxy) is 1. The highest BCUT2D eigenvalue weighted by Gasteiger charge is 2.16. The number of anilines is 1. The van der Waals surface area contributed by atoms with Gasteiger partial charge in [-0.2, -0.15) is 5.10 Å². The SMILES string of the molecule is COc1cccc(NC(=O)NCC(c2cccs2)n2cccn2)c1. The molecule has 24 heavy (non-hydrogen) atoms. The van der Waals surface area contributed by atoms with Crippen LogP contribution in [0.1, 0.15) is 10.9 Å². The van der Waals surface area contributed by atoms with Crippen LogP contribution in [0.15, 0.2) is 60.2 Å². The smallest absolute Gasteiger partial charge is 0.319 e. The molecule has 3 aromatic rings. The van der Waals surface area contributed by atoms with Crippen LogP contribution in [0.2, 0.25) is 0 Å². The minimum absolute atomic E-state index is 0.0314. The van der Waals surface area contributed by atoms with Gasteiger partial charge in [0.25, 0.3) is 0 Å². The van der Waals surface area contributed by atoms with Crippen LogP contribution < -0.4 is 15.4 Å². The molecule has 2 amide bonds. The number of amides is 2. The Balaban J connectivity index is 1.63. The molecule has 0 aliphatic rings. The lowest BCUT2D eigenvalue weighted by Crippen LogP contribution is -2.34. The van der Waals surface area contributed by atoms with E-state index in [-0.39, 0.29) is 12.1 Å². The van der Waals surface area contributed by atoms with Gasteiger partial charge < -0.3 is 15.4 Å². The number of aromatic nitrogens is 2. The summed E-state index contributed by atoms with van der Waals surface area (Å²) in [4.78, 5) is 13.3. The summed E-state index contributed by atoms with van der Waals surface area (Å²) in [6.07, 6.45) is 3.63. The Morgan fingerprint density at radius 3 is 2.96 bits per heavy atom. The number of thiophene rings is 1. The summed E-state index contributed by atoms with van der Waals surface area (Å²) < 4.78 is 7.00. The van der Waals surface area contributed by atoms with Crippen molar-refractivity contribution in [1.82, 2.24) is 15.1 Å². The zero-order valence-corrected chi connectivity index (χ0v) is 14.0. The molecule has 0 saturated heterocycles. The molecular formula is C17H18N4O2S. The van der Waals surface area contributed by atoms with E-state index in [1.807, 2.05) is 52.7 Å². The van der Waals surface area contributed by atoms with Crippen LogP contribution in [0.3, 0.4) is 0 Å². The first-order chi connectivity index (χ1) is 11.8. The lowest BCUT2D eigenvalue weighted by Gasteiger charge is -2.17. The first-order valence-corrected chi connectivity index (χ1v) is 8.35. The fourth-order valence-corrected chi connectivity index (χ4v) is 3.16. The Morgan fingerprint density at radius 1 is 1.33 bits per heavy atom. The summed E-state index contributed by atoms with van der Waals surface area (Å²) in [5, 5.41) is 12.0. The fourth-order valence-electron chi connectivity index (χ4n) is 2.34. The molecule has 6 nitrogen and oxygen atoms in total. The van der Waals surface area contributed by atoms with Crippen molar-refractivity contribution in [1.29, 1.82) is 0 Å². The van der Waals surface area contributed by atoms with Gasteiger partial charge in [0.1, 0.15) is 11.8 Å². The number of urea groups is 1. The second kappa shape index (κ2) is 7.65. The fraction of sp³-hybridized carbons (Fsp3) is 0.176. The van der Waals surface area contributed by atoms with Gasteiger partial charge in [-0.25, -0.2) is 4.79 Å². The summed E-state index contributed by atoms with van der Waals surface area (Å²) >= 11 is 1.64. The van der Waals surface area contributed by atoms with Crippen molar-refractivity contribution in [2.75, 3.05) is 19.0 Å².